The molecule has 0 aliphatic rings. The van der Waals surface area contributed by atoms with Crippen LogP contribution in [-0.2, 0) is 0 Å². The number of nitrogens with zero attached hydrogens (tertiary/aromatic N) is 1. The summed E-state index contributed by atoms with van der Waals surface area (Å²) >= 11 is 5.05. The average Bonchev–Trinajstić information content (AvgIpc) is 2.79. The van der Waals surface area contributed by atoms with Crippen LogP contribution in [0.25, 0.3) is 0 Å². The van der Waals surface area contributed by atoms with Crippen molar-refractivity contribution in [1.82, 2.24) is 5.32 Å². The number of non-ortho nitro benzene ring substituents is 1. The summed E-state index contributed by atoms with van der Waals surface area (Å²) in [5.74, 6) is 0.586. The highest BCUT2D eigenvalue weighted by Gasteiger charge is 2.13. The number of ether oxygens (including phenoxy) is 2. The molecule has 0 radical (unpaired) electrons. The van der Waals surface area contributed by atoms with Crippen molar-refractivity contribution >= 4 is 34.6 Å². The number of nitrogens with one attached hydrogen (secondary N) is 2. The first kappa shape index (κ1) is 22.5. The summed E-state index contributed by atoms with van der Waals surface area (Å²) in [6.45, 7) is 0.706. The molecule has 0 aliphatic carbocycles. The van der Waals surface area contributed by atoms with Crippen LogP contribution >= 0.6 is 12.2 Å². The van der Waals surface area contributed by atoms with Gasteiger partial charge in [-0.2, -0.15) is 0 Å². The Morgan fingerprint density at radius 3 is 2.22 bits per heavy atom. The van der Waals surface area contributed by atoms with E-state index in [1.807, 2.05) is 30.3 Å². The Morgan fingerprint density at radius 1 is 0.969 bits per heavy atom. The van der Waals surface area contributed by atoms with Gasteiger partial charge in [-0.1, -0.05) is 18.2 Å². The number of nitro groups is 1. The molecule has 0 spiro atoms. The van der Waals surface area contributed by atoms with E-state index in [4.69, 9.17) is 21.7 Å². The number of amides is 1. The molecule has 10 heteroatoms. The minimum atomic E-state index is -0.607. The summed E-state index contributed by atoms with van der Waals surface area (Å²) in [7, 11) is 0. The van der Waals surface area contributed by atoms with Crippen molar-refractivity contribution < 1.29 is 24.3 Å². The van der Waals surface area contributed by atoms with Gasteiger partial charge in [-0.25, -0.2) is 0 Å². The van der Waals surface area contributed by atoms with Crippen molar-refractivity contribution in [2.75, 3.05) is 18.5 Å². The van der Waals surface area contributed by atoms with Crippen LogP contribution in [0.3, 0.4) is 0 Å². The molecule has 0 atom stereocenters. The van der Waals surface area contributed by atoms with Gasteiger partial charge in [0.15, 0.2) is 5.11 Å². The monoisotopic (exact) mass is 453 g/mol. The normalized spacial score (nSPS) is 10.1. The summed E-state index contributed by atoms with van der Waals surface area (Å²) in [5, 5.41) is 25.6. The van der Waals surface area contributed by atoms with Crippen LogP contribution in [0.4, 0.5) is 11.4 Å². The number of carbonyl (C=O) groups excluding carboxylic acids is 1. The molecule has 0 saturated heterocycles. The number of hydrogen-bond donors (Lipinski definition) is 3. The van der Waals surface area contributed by atoms with Crippen LogP contribution in [-0.4, -0.2) is 34.3 Å². The van der Waals surface area contributed by atoms with Crippen LogP contribution < -0.4 is 20.1 Å². The molecule has 0 unspecified atom stereocenters. The van der Waals surface area contributed by atoms with E-state index in [9.17, 15) is 20.0 Å². The third-order valence-electron chi connectivity index (χ3n) is 4.15. The number of nitro benzene ring substituents is 1. The predicted molar refractivity (Wildman–Crippen MR) is 122 cm³/mol. The fourth-order valence-corrected chi connectivity index (χ4v) is 2.81. The molecule has 0 aliphatic heterocycles. The van der Waals surface area contributed by atoms with Crippen molar-refractivity contribution in [2.24, 2.45) is 0 Å². The molecule has 3 aromatic carbocycles. The number of aromatic hydroxyl groups is 1. The van der Waals surface area contributed by atoms with Gasteiger partial charge in [0, 0.05) is 17.7 Å². The zero-order valence-electron chi connectivity index (χ0n) is 16.7. The third-order valence-corrected chi connectivity index (χ3v) is 4.35. The summed E-state index contributed by atoms with van der Waals surface area (Å²) < 4.78 is 11.1. The highest BCUT2D eigenvalue weighted by molar-refractivity contribution is 7.80. The maximum atomic E-state index is 12.4. The number of para-hydroxylation sites is 1. The Hall–Kier alpha value is -4.18. The van der Waals surface area contributed by atoms with E-state index >= 15 is 0 Å². The van der Waals surface area contributed by atoms with Crippen molar-refractivity contribution in [2.45, 2.75) is 0 Å². The molecule has 9 nitrogen and oxygen atoms in total. The van der Waals surface area contributed by atoms with E-state index in [1.165, 1.54) is 0 Å². The molecule has 0 bridgehead atoms. The van der Waals surface area contributed by atoms with Gasteiger partial charge in [-0.05, 0) is 54.7 Å². The molecule has 3 N–H and O–H groups in total. The van der Waals surface area contributed by atoms with E-state index in [0.717, 1.165) is 23.9 Å². The standard InChI is InChI=1S/C22H19N3O6S/c26-20-11-8-16(25(28)29)14-19(20)23-22(32)24-21(27)15-6-9-18(10-7-15)31-13-12-30-17-4-2-1-3-5-17/h1-11,14,26H,12-13H2,(H2,23,24,27,32). The second-order valence-corrected chi connectivity index (χ2v) is 6.81. The van der Waals surface area contributed by atoms with Gasteiger partial charge in [0.2, 0.25) is 0 Å². The average molecular weight is 453 g/mol. The first-order valence-electron chi connectivity index (χ1n) is 9.43. The number of rotatable bonds is 8. The van der Waals surface area contributed by atoms with Gasteiger partial charge in [0.25, 0.3) is 11.6 Å². The van der Waals surface area contributed by atoms with E-state index in [2.05, 4.69) is 10.6 Å². The van der Waals surface area contributed by atoms with Crippen molar-refractivity contribution in [3.8, 4) is 17.2 Å². The molecule has 0 saturated carbocycles. The van der Waals surface area contributed by atoms with E-state index in [-0.39, 0.29) is 22.2 Å². The maximum absolute atomic E-state index is 12.4. The summed E-state index contributed by atoms with van der Waals surface area (Å²) in [4.78, 5) is 22.6. The molecule has 0 aromatic heterocycles. The number of phenolic OH excluding ortho intramolecular Hbond substituents is 1. The lowest BCUT2D eigenvalue weighted by atomic mass is 10.2. The molecule has 164 valence electrons. The Bertz CT molecular complexity index is 1110. The Balaban J connectivity index is 1.48. The van der Waals surface area contributed by atoms with Gasteiger partial charge in [0.1, 0.15) is 30.5 Å². The van der Waals surface area contributed by atoms with Crippen LogP contribution in [0.2, 0.25) is 0 Å². The largest absolute Gasteiger partial charge is 0.506 e. The van der Waals surface area contributed by atoms with Gasteiger partial charge in [0.05, 0.1) is 10.6 Å². The number of phenols is 1. The maximum Gasteiger partial charge on any atom is 0.271 e. The summed E-state index contributed by atoms with van der Waals surface area (Å²) in [5.41, 5.74) is 0.0976. The molecule has 0 fully saturated rings. The lowest BCUT2D eigenvalue weighted by Crippen LogP contribution is -2.34. The number of carbonyl (C=O) groups is 1. The predicted octanol–water partition coefficient (Wildman–Crippen LogP) is 3.89. The quantitative estimate of drug-likeness (QED) is 0.154. The molecule has 3 aromatic rings. The van der Waals surface area contributed by atoms with Crippen LogP contribution in [0.15, 0.2) is 72.8 Å². The molecular weight excluding hydrogens is 434 g/mol. The van der Waals surface area contributed by atoms with Crippen molar-refractivity contribution in [3.05, 3.63) is 88.5 Å². The highest BCUT2D eigenvalue weighted by atomic mass is 32.1. The lowest BCUT2D eigenvalue weighted by Gasteiger charge is -2.11. The topological polar surface area (TPSA) is 123 Å². The van der Waals surface area contributed by atoms with E-state index in [0.29, 0.717) is 24.5 Å². The Morgan fingerprint density at radius 2 is 1.59 bits per heavy atom. The number of thiocarbonyl (C=S) groups is 1. The van der Waals surface area contributed by atoms with Gasteiger partial charge in [-0.15, -0.1) is 0 Å². The first-order chi connectivity index (χ1) is 15.4. The number of hydrogen-bond acceptors (Lipinski definition) is 7. The van der Waals surface area contributed by atoms with E-state index in [1.54, 1.807) is 24.3 Å². The molecule has 3 rings (SSSR count). The smallest absolute Gasteiger partial charge is 0.271 e. The fourth-order valence-electron chi connectivity index (χ4n) is 2.60. The van der Waals surface area contributed by atoms with E-state index < -0.39 is 10.8 Å². The minimum Gasteiger partial charge on any atom is -0.506 e. The SMILES string of the molecule is O=C(NC(=S)Nc1cc([N+](=O)[O-])ccc1O)c1ccc(OCCOc2ccccc2)cc1. The highest BCUT2D eigenvalue weighted by Crippen LogP contribution is 2.27. The van der Waals surface area contributed by atoms with Crippen LogP contribution in [0.5, 0.6) is 17.2 Å². The molecular formula is C22H19N3O6S. The number of anilines is 1. The Kier molecular flexibility index (Phi) is 7.55. The summed E-state index contributed by atoms with van der Waals surface area (Å²) in [6, 6.07) is 19.2. The van der Waals surface area contributed by atoms with Gasteiger partial charge in [-0.3, -0.25) is 20.2 Å². The van der Waals surface area contributed by atoms with Gasteiger partial charge >= 0.3 is 0 Å². The van der Waals surface area contributed by atoms with Crippen LogP contribution in [0.1, 0.15) is 10.4 Å². The molecule has 32 heavy (non-hydrogen) atoms. The molecule has 1 amide bonds. The fraction of sp³-hybridized carbons (Fsp3) is 0.0909. The Labute approximate surface area is 188 Å². The van der Waals surface area contributed by atoms with Crippen LogP contribution in [0, 0.1) is 10.1 Å². The zero-order valence-corrected chi connectivity index (χ0v) is 17.5. The van der Waals surface area contributed by atoms with Crippen molar-refractivity contribution in [3.63, 3.8) is 0 Å². The summed E-state index contributed by atoms with van der Waals surface area (Å²) in [6.07, 6.45) is 0. The first-order valence-corrected chi connectivity index (χ1v) is 9.83. The molecule has 0 heterocycles. The number of benzene rings is 3. The minimum absolute atomic E-state index is 0.00553. The van der Waals surface area contributed by atoms with Crippen molar-refractivity contribution in [1.29, 1.82) is 0 Å². The third kappa shape index (κ3) is 6.41. The zero-order chi connectivity index (χ0) is 22.9. The lowest BCUT2D eigenvalue weighted by molar-refractivity contribution is -0.384. The second kappa shape index (κ2) is 10.7. The second-order valence-electron chi connectivity index (χ2n) is 6.40. The van der Waals surface area contributed by atoms with Gasteiger partial charge < -0.3 is 19.9 Å².